The van der Waals surface area contributed by atoms with Crippen LogP contribution in [0.1, 0.15) is 5.56 Å². The lowest BCUT2D eigenvalue weighted by molar-refractivity contribution is 0.619. The Bertz CT molecular complexity index is 2440. The first-order valence-electron chi connectivity index (χ1n) is 14.6. The molecule has 0 radical (unpaired) electrons. The van der Waals surface area contributed by atoms with Crippen molar-refractivity contribution in [3.63, 3.8) is 0 Å². The molecule has 0 fully saturated rings. The first kappa shape index (κ1) is 25.1. The Morgan fingerprint density at radius 1 is 0.533 bits per heavy atom. The molecule has 9 rings (SSSR count). The normalized spacial score (nSPS) is 11.5. The van der Waals surface area contributed by atoms with Crippen LogP contribution in [0.2, 0.25) is 0 Å². The molecule has 9 aromatic rings. The lowest BCUT2D eigenvalue weighted by Crippen LogP contribution is -1.97. The van der Waals surface area contributed by atoms with E-state index >= 15 is 0 Å². The molecule has 45 heavy (non-hydrogen) atoms. The van der Waals surface area contributed by atoms with Crippen molar-refractivity contribution in [3.05, 3.63) is 139 Å². The smallest absolute Gasteiger partial charge is 0.227 e. The fourth-order valence-corrected chi connectivity index (χ4v) is 6.21. The summed E-state index contributed by atoms with van der Waals surface area (Å²) < 4.78 is 14.6. The van der Waals surface area contributed by atoms with Crippen LogP contribution in [0.5, 0.6) is 0 Å². The van der Waals surface area contributed by atoms with E-state index in [1.165, 1.54) is 0 Å². The van der Waals surface area contributed by atoms with Gasteiger partial charge in [0.05, 0.1) is 28.4 Å². The summed E-state index contributed by atoms with van der Waals surface area (Å²) in [6.07, 6.45) is 0. The maximum absolute atomic E-state index is 9.60. The van der Waals surface area contributed by atoms with E-state index in [0.717, 1.165) is 71.9 Å². The zero-order chi connectivity index (χ0) is 29.9. The average molecular weight is 579 g/mol. The van der Waals surface area contributed by atoms with Gasteiger partial charge in [-0.2, -0.15) is 5.26 Å². The van der Waals surface area contributed by atoms with Gasteiger partial charge in [0.1, 0.15) is 11.0 Å². The third-order valence-corrected chi connectivity index (χ3v) is 8.29. The summed E-state index contributed by atoms with van der Waals surface area (Å²) in [6.45, 7) is 0. The summed E-state index contributed by atoms with van der Waals surface area (Å²) >= 11 is 0. The maximum Gasteiger partial charge on any atom is 0.227 e. The molecule has 0 aliphatic carbocycles. The molecular formula is C39H22N4O2. The maximum atomic E-state index is 9.60. The minimum atomic E-state index is 0.572. The lowest BCUT2D eigenvalue weighted by Gasteiger charge is -2.14. The van der Waals surface area contributed by atoms with Crippen LogP contribution in [-0.4, -0.2) is 14.5 Å². The molecule has 3 heterocycles. The van der Waals surface area contributed by atoms with Gasteiger partial charge in [0.15, 0.2) is 11.2 Å². The SMILES string of the molecule is N#Cc1cccc(-c2ccccc2-n2c3ccc(-c4nc5ccccc5o4)cc3c3cc(-c4nc5ccccc5o4)ccc32)c1. The molecule has 210 valence electrons. The van der Waals surface area contributed by atoms with Crippen LogP contribution in [0, 0.1) is 11.3 Å². The predicted octanol–water partition coefficient (Wildman–Crippen LogP) is 9.94. The van der Waals surface area contributed by atoms with Gasteiger partial charge in [-0.05, 0) is 84.4 Å². The second kappa shape index (κ2) is 9.80. The lowest BCUT2D eigenvalue weighted by atomic mass is 10.0. The van der Waals surface area contributed by atoms with Crippen molar-refractivity contribution in [1.82, 2.24) is 14.5 Å². The van der Waals surface area contributed by atoms with Crippen LogP contribution < -0.4 is 0 Å². The number of para-hydroxylation sites is 5. The largest absolute Gasteiger partial charge is 0.436 e. The fourth-order valence-electron chi connectivity index (χ4n) is 6.21. The third kappa shape index (κ3) is 4.03. The Balaban J connectivity index is 1.31. The Labute approximate surface area is 257 Å². The number of rotatable bonds is 4. The first-order valence-corrected chi connectivity index (χ1v) is 14.6. The van der Waals surface area contributed by atoms with Gasteiger partial charge in [0.2, 0.25) is 11.8 Å². The average Bonchev–Trinajstić information content (AvgIpc) is 3.81. The van der Waals surface area contributed by atoms with E-state index in [-0.39, 0.29) is 0 Å². The molecular weight excluding hydrogens is 556 g/mol. The topological polar surface area (TPSA) is 80.8 Å². The number of oxazole rings is 2. The second-order valence-corrected chi connectivity index (χ2v) is 11.0. The highest BCUT2D eigenvalue weighted by Crippen LogP contribution is 2.40. The molecule has 0 bridgehead atoms. The molecule has 6 nitrogen and oxygen atoms in total. The molecule has 0 aliphatic rings. The Kier molecular flexibility index (Phi) is 5.46. The van der Waals surface area contributed by atoms with Gasteiger partial charge in [-0.1, -0.05) is 54.6 Å². The predicted molar refractivity (Wildman–Crippen MR) is 177 cm³/mol. The molecule has 0 saturated heterocycles. The molecule has 6 heteroatoms. The molecule has 0 amide bonds. The molecule has 3 aromatic heterocycles. The number of aromatic nitrogens is 3. The van der Waals surface area contributed by atoms with E-state index in [1.807, 2.05) is 84.9 Å². The highest BCUT2D eigenvalue weighted by Gasteiger charge is 2.19. The van der Waals surface area contributed by atoms with E-state index in [2.05, 4.69) is 59.2 Å². The molecule has 0 N–H and O–H groups in total. The van der Waals surface area contributed by atoms with E-state index < -0.39 is 0 Å². The summed E-state index contributed by atoms with van der Waals surface area (Å²) in [5, 5.41) is 11.7. The zero-order valence-corrected chi connectivity index (χ0v) is 23.8. The van der Waals surface area contributed by atoms with Crippen molar-refractivity contribution in [2.24, 2.45) is 0 Å². The molecule has 0 unspecified atom stereocenters. The van der Waals surface area contributed by atoms with Gasteiger partial charge in [-0.25, -0.2) is 9.97 Å². The van der Waals surface area contributed by atoms with Gasteiger partial charge >= 0.3 is 0 Å². The first-order chi connectivity index (χ1) is 22.2. The molecule has 6 aromatic carbocycles. The van der Waals surface area contributed by atoms with Crippen LogP contribution in [0.25, 0.3) is 83.7 Å². The van der Waals surface area contributed by atoms with Crippen LogP contribution in [0.4, 0.5) is 0 Å². The number of nitriles is 1. The Morgan fingerprint density at radius 2 is 1.11 bits per heavy atom. The summed E-state index contributed by atoms with van der Waals surface area (Å²) in [6, 6.07) is 46.6. The highest BCUT2D eigenvalue weighted by molar-refractivity contribution is 6.12. The Morgan fingerprint density at radius 3 is 1.71 bits per heavy atom. The standard InChI is InChI=1S/C39H22N4O2/c40-23-24-8-7-9-25(20-24)28-10-1-4-13-33(28)43-34-18-16-26(38-41-31-11-2-5-14-36(31)44-38)21-29(34)30-22-27(17-19-35(30)43)39-42-32-12-3-6-15-37(32)45-39/h1-22H. The summed E-state index contributed by atoms with van der Waals surface area (Å²) in [5.41, 5.74) is 10.6. The van der Waals surface area contributed by atoms with Crippen LogP contribution >= 0.6 is 0 Å². The molecule has 0 atom stereocenters. The van der Waals surface area contributed by atoms with Crippen molar-refractivity contribution in [1.29, 1.82) is 5.26 Å². The fraction of sp³-hybridized carbons (Fsp3) is 0. The minimum absolute atomic E-state index is 0.572. The van der Waals surface area contributed by atoms with Crippen LogP contribution in [-0.2, 0) is 0 Å². The molecule has 0 spiro atoms. The van der Waals surface area contributed by atoms with Crippen molar-refractivity contribution in [2.45, 2.75) is 0 Å². The minimum Gasteiger partial charge on any atom is -0.436 e. The van der Waals surface area contributed by atoms with Gasteiger partial charge in [-0.3, -0.25) is 0 Å². The zero-order valence-electron chi connectivity index (χ0n) is 23.8. The summed E-state index contributed by atoms with van der Waals surface area (Å²) in [5.74, 6) is 1.14. The molecule has 0 aliphatic heterocycles. The van der Waals surface area contributed by atoms with E-state index in [0.29, 0.717) is 17.3 Å². The van der Waals surface area contributed by atoms with Gasteiger partial charge in [0.25, 0.3) is 0 Å². The van der Waals surface area contributed by atoms with E-state index in [4.69, 9.17) is 18.8 Å². The van der Waals surface area contributed by atoms with E-state index in [9.17, 15) is 5.26 Å². The van der Waals surface area contributed by atoms with Crippen LogP contribution in [0.15, 0.2) is 142 Å². The number of nitrogens with zero attached hydrogens (tertiary/aromatic N) is 4. The van der Waals surface area contributed by atoms with Crippen molar-refractivity contribution in [2.75, 3.05) is 0 Å². The van der Waals surface area contributed by atoms with E-state index in [1.54, 1.807) is 0 Å². The second-order valence-electron chi connectivity index (χ2n) is 11.0. The summed E-state index contributed by atoms with van der Waals surface area (Å²) in [4.78, 5) is 9.54. The van der Waals surface area contributed by atoms with Gasteiger partial charge in [0, 0.05) is 27.5 Å². The van der Waals surface area contributed by atoms with Crippen LogP contribution in [0.3, 0.4) is 0 Å². The van der Waals surface area contributed by atoms with Crippen molar-refractivity contribution >= 4 is 44.0 Å². The summed E-state index contributed by atoms with van der Waals surface area (Å²) in [7, 11) is 0. The quantitative estimate of drug-likeness (QED) is 0.208. The number of hydrogen-bond donors (Lipinski definition) is 0. The Hall–Kier alpha value is -6.45. The monoisotopic (exact) mass is 578 g/mol. The van der Waals surface area contributed by atoms with Crippen molar-refractivity contribution < 1.29 is 8.83 Å². The van der Waals surface area contributed by atoms with Gasteiger partial charge < -0.3 is 13.4 Å². The highest BCUT2D eigenvalue weighted by atomic mass is 16.4. The number of fused-ring (bicyclic) bond motifs is 5. The van der Waals surface area contributed by atoms with Crippen molar-refractivity contribution in [3.8, 4) is 45.8 Å². The molecule has 0 saturated carbocycles. The number of benzene rings is 6. The number of hydrogen-bond acceptors (Lipinski definition) is 5. The third-order valence-electron chi connectivity index (χ3n) is 8.29. The van der Waals surface area contributed by atoms with Gasteiger partial charge in [-0.15, -0.1) is 0 Å².